The Labute approximate surface area is 511 Å². The molecule has 0 fully saturated rings. The normalized spacial score (nSPS) is 13.6. The zero-order valence-corrected chi connectivity index (χ0v) is 56.6. The summed E-state index contributed by atoms with van der Waals surface area (Å²) in [4.78, 5) is 40.2. The lowest BCUT2D eigenvalue weighted by Crippen LogP contribution is -2.47. The van der Waals surface area contributed by atoms with Crippen LogP contribution in [0.4, 0.5) is 0 Å². The average molecular weight is 1180 g/mol. The van der Waals surface area contributed by atoms with Crippen molar-refractivity contribution in [1.82, 2.24) is 5.32 Å². The maximum Gasteiger partial charge on any atom is 0.306 e. The SMILES string of the molecule is CCCCCCCC/C=C/CCCCCCCCCCCCCCCCCC(=O)OC(/C=C/CCCCCCCCCCCC)C(COP(=O)([O-])OCC[N+](C)(C)C)NC(=O)CCCCCCCCCCCCCCCCCCCCC. The van der Waals surface area contributed by atoms with Gasteiger partial charge in [-0.3, -0.25) is 14.2 Å². The van der Waals surface area contributed by atoms with Crippen molar-refractivity contribution in [2.45, 2.75) is 386 Å². The Morgan fingerprint density at radius 2 is 0.707 bits per heavy atom. The van der Waals surface area contributed by atoms with Crippen molar-refractivity contribution in [2.24, 2.45) is 0 Å². The fourth-order valence-electron chi connectivity index (χ4n) is 11.1. The third kappa shape index (κ3) is 63.0. The molecule has 0 aromatic rings. The van der Waals surface area contributed by atoms with Gasteiger partial charge in [-0.1, -0.05) is 328 Å². The summed E-state index contributed by atoms with van der Waals surface area (Å²) in [7, 11) is 1.21. The Morgan fingerprint density at radius 1 is 0.415 bits per heavy atom. The molecule has 0 aliphatic rings. The molecule has 0 aliphatic carbocycles. The number of carbonyl (C=O) groups excluding carboxylic acids is 2. The Balaban J connectivity index is 5.00. The molecule has 9 nitrogen and oxygen atoms in total. The topological polar surface area (TPSA) is 114 Å². The molecule has 0 saturated carbocycles. The van der Waals surface area contributed by atoms with Gasteiger partial charge in [-0.05, 0) is 57.4 Å². The van der Waals surface area contributed by atoms with Crippen LogP contribution in [0, 0.1) is 0 Å². The lowest BCUT2D eigenvalue weighted by molar-refractivity contribution is -0.870. The Morgan fingerprint density at radius 3 is 1.04 bits per heavy atom. The first-order valence-electron chi connectivity index (χ1n) is 36.1. The van der Waals surface area contributed by atoms with E-state index in [9.17, 15) is 19.0 Å². The van der Waals surface area contributed by atoms with E-state index in [0.29, 0.717) is 17.4 Å². The number of quaternary nitrogens is 1. The molecule has 0 radical (unpaired) electrons. The first-order valence-corrected chi connectivity index (χ1v) is 37.6. The van der Waals surface area contributed by atoms with E-state index >= 15 is 0 Å². The number of ether oxygens (including phenoxy) is 1. The van der Waals surface area contributed by atoms with Crippen LogP contribution in [0.3, 0.4) is 0 Å². The molecule has 0 rings (SSSR count). The van der Waals surface area contributed by atoms with Crippen molar-refractivity contribution in [2.75, 3.05) is 40.9 Å². The van der Waals surface area contributed by atoms with E-state index in [0.717, 1.165) is 57.8 Å². The second-order valence-corrected chi connectivity index (χ2v) is 27.5. The third-order valence-electron chi connectivity index (χ3n) is 16.6. The fraction of sp³-hybridized carbons (Fsp3) is 0.917. The number of nitrogens with zero attached hydrogens (tertiary/aromatic N) is 1. The third-order valence-corrected chi connectivity index (χ3v) is 17.6. The number of likely N-dealkylation sites (N-methyl/N-ethyl adjacent to an activating group) is 1. The highest BCUT2D eigenvalue weighted by atomic mass is 31.2. The molecule has 10 heteroatoms. The minimum Gasteiger partial charge on any atom is -0.756 e. The quantitative estimate of drug-likeness (QED) is 0.0212. The average Bonchev–Trinajstić information content (AvgIpc) is 3.44. The zero-order valence-electron chi connectivity index (χ0n) is 55.7. The molecule has 1 amide bonds. The highest BCUT2D eigenvalue weighted by Gasteiger charge is 2.27. The summed E-state index contributed by atoms with van der Waals surface area (Å²) in [5.41, 5.74) is 0. The molecular formula is C72H141N2O7P. The van der Waals surface area contributed by atoms with Gasteiger partial charge in [0, 0.05) is 12.8 Å². The minimum atomic E-state index is -4.70. The number of amides is 1. The number of hydrogen-bond donors (Lipinski definition) is 1. The molecule has 0 aliphatic heterocycles. The molecule has 0 aromatic carbocycles. The fourth-order valence-corrected chi connectivity index (χ4v) is 11.8. The van der Waals surface area contributed by atoms with Crippen molar-refractivity contribution in [3.05, 3.63) is 24.3 Å². The summed E-state index contributed by atoms with van der Waals surface area (Å²) in [6.45, 7) is 6.91. The second-order valence-electron chi connectivity index (χ2n) is 26.1. The summed E-state index contributed by atoms with van der Waals surface area (Å²) >= 11 is 0. The van der Waals surface area contributed by atoms with Crippen LogP contribution in [0.25, 0.3) is 0 Å². The number of esters is 1. The minimum absolute atomic E-state index is 0.0177. The van der Waals surface area contributed by atoms with Crippen LogP contribution in [0.1, 0.15) is 374 Å². The summed E-state index contributed by atoms with van der Waals surface area (Å²) in [6, 6.07) is -0.882. The van der Waals surface area contributed by atoms with Crippen LogP contribution < -0.4 is 10.2 Å². The van der Waals surface area contributed by atoms with Gasteiger partial charge in [0.15, 0.2) is 0 Å². The summed E-state index contributed by atoms with van der Waals surface area (Å²) < 4.78 is 30.5. The van der Waals surface area contributed by atoms with E-state index in [-0.39, 0.29) is 31.5 Å². The number of hydrogen-bond acceptors (Lipinski definition) is 7. The molecule has 0 aromatic heterocycles. The summed E-state index contributed by atoms with van der Waals surface area (Å²) in [5.74, 6) is -0.516. The van der Waals surface area contributed by atoms with E-state index in [1.165, 1.54) is 283 Å². The van der Waals surface area contributed by atoms with Crippen LogP contribution in [-0.2, 0) is 27.9 Å². The van der Waals surface area contributed by atoms with Crippen LogP contribution in [0.15, 0.2) is 24.3 Å². The molecule has 0 bridgehead atoms. The number of phosphoric ester groups is 1. The monoisotopic (exact) mass is 1180 g/mol. The standard InChI is InChI=1S/C72H141N2O7P/c1-7-10-13-16-19-22-25-28-30-32-34-35-36-37-38-39-41-43-45-47-50-53-56-59-62-65-72(76)81-70(63-60-57-54-51-48-27-24-21-18-15-12-9-3)69(68-80-82(77,78)79-67-66-74(4,5)6)73-71(75)64-61-58-55-52-49-46-44-42-40-33-31-29-26-23-20-17-14-11-8-2/h28,30,60,63,69-70H,7-27,29,31-59,61-62,64-68H2,1-6H3,(H-,73,75,77,78)/b30-28+,63-60+. The van der Waals surface area contributed by atoms with E-state index in [4.69, 9.17) is 13.8 Å². The van der Waals surface area contributed by atoms with Gasteiger partial charge in [-0.15, -0.1) is 0 Å². The number of unbranched alkanes of at least 4 members (excludes halogenated alkanes) is 49. The van der Waals surface area contributed by atoms with Gasteiger partial charge in [-0.2, -0.15) is 0 Å². The van der Waals surface area contributed by atoms with Crippen LogP contribution in [0.2, 0.25) is 0 Å². The number of rotatable bonds is 67. The lowest BCUT2D eigenvalue weighted by Gasteiger charge is -2.30. The van der Waals surface area contributed by atoms with Gasteiger partial charge in [0.2, 0.25) is 5.91 Å². The van der Waals surface area contributed by atoms with E-state index < -0.39 is 20.0 Å². The van der Waals surface area contributed by atoms with E-state index in [2.05, 4.69) is 38.2 Å². The number of carbonyl (C=O) groups is 2. The molecule has 0 heterocycles. The molecule has 82 heavy (non-hydrogen) atoms. The van der Waals surface area contributed by atoms with Gasteiger partial charge >= 0.3 is 5.97 Å². The van der Waals surface area contributed by atoms with Crippen molar-refractivity contribution in [1.29, 1.82) is 0 Å². The Kier molecular flexibility index (Phi) is 61.4. The maximum atomic E-state index is 13.6. The molecule has 3 unspecified atom stereocenters. The highest BCUT2D eigenvalue weighted by Crippen LogP contribution is 2.38. The predicted molar refractivity (Wildman–Crippen MR) is 353 cm³/mol. The van der Waals surface area contributed by atoms with Gasteiger partial charge in [0.05, 0.1) is 33.8 Å². The Hall–Kier alpha value is -1.51. The number of allylic oxidation sites excluding steroid dienone is 3. The molecule has 1 N–H and O–H groups in total. The van der Waals surface area contributed by atoms with Crippen molar-refractivity contribution < 1.29 is 37.3 Å². The summed E-state index contributed by atoms with van der Waals surface area (Å²) in [5, 5.41) is 3.05. The molecular weight excluding hydrogens is 1040 g/mol. The molecule has 0 saturated heterocycles. The van der Waals surface area contributed by atoms with Gasteiger partial charge in [0.1, 0.15) is 19.3 Å². The van der Waals surface area contributed by atoms with Crippen molar-refractivity contribution in [3.63, 3.8) is 0 Å². The first-order chi connectivity index (χ1) is 39.9. The summed E-state index contributed by atoms with van der Waals surface area (Å²) in [6.07, 6.45) is 75.9. The van der Waals surface area contributed by atoms with Crippen molar-refractivity contribution >= 4 is 19.7 Å². The zero-order chi connectivity index (χ0) is 60.0. The van der Waals surface area contributed by atoms with Gasteiger partial charge < -0.3 is 28.5 Å². The smallest absolute Gasteiger partial charge is 0.306 e. The largest absolute Gasteiger partial charge is 0.756 e. The molecule has 0 spiro atoms. The highest BCUT2D eigenvalue weighted by molar-refractivity contribution is 7.45. The molecule has 3 atom stereocenters. The van der Waals surface area contributed by atoms with E-state index in [1.54, 1.807) is 0 Å². The van der Waals surface area contributed by atoms with Crippen LogP contribution >= 0.6 is 7.82 Å². The van der Waals surface area contributed by atoms with Crippen molar-refractivity contribution in [3.8, 4) is 0 Å². The first kappa shape index (κ1) is 80.5. The molecule has 486 valence electrons. The maximum absolute atomic E-state index is 13.6. The van der Waals surface area contributed by atoms with Crippen LogP contribution in [0.5, 0.6) is 0 Å². The lowest BCUT2D eigenvalue weighted by atomic mass is 10.0. The number of nitrogens with one attached hydrogen (secondary N) is 1. The van der Waals surface area contributed by atoms with E-state index in [1.807, 2.05) is 33.3 Å². The Bertz CT molecular complexity index is 1450. The predicted octanol–water partition coefficient (Wildman–Crippen LogP) is 22.2. The van der Waals surface area contributed by atoms with Crippen LogP contribution in [-0.4, -0.2) is 69.4 Å². The second kappa shape index (κ2) is 62.5. The van der Waals surface area contributed by atoms with Gasteiger partial charge in [-0.25, -0.2) is 0 Å². The number of phosphoric acid groups is 1. The van der Waals surface area contributed by atoms with Gasteiger partial charge in [0.25, 0.3) is 7.82 Å².